The number of ether oxygens (including phenoxy) is 1. The molecule has 2 aromatic carbocycles. The second-order valence-corrected chi connectivity index (χ2v) is 7.91. The number of hydrazine groups is 1. The van der Waals surface area contributed by atoms with Crippen molar-refractivity contribution in [1.82, 2.24) is 10.9 Å². The van der Waals surface area contributed by atoms with E-state index in [9.17, 15) is 22.8 Å². The summed E-state index contributed by atoms with van der Waals surface area (Å²) < 4.78 is 43.7. The van der Waals surface area contributed by atoms with Gasteiger partial charge < -0.3 is 4.74 Å². The highest BCUT2D eigenvalue weighted by Crippen LogP contribution is 2.29. The Hall–Kier alpha value is -2.39. The number of benzene rings is 2. The average molecular weight is 487 g/mol. The van der Waals surface area contributed by atoms with E-state index in [-0.39, 0.29) is 12.0 Å². The molecule has 0 bridgehead atoms. The highest BCUT2D eigenvalue weighted by molar-refractivity contribution is 9.10. The van der Waals surface area contributed by atoms with Crippen molar-refractivity contribution in [3.8, 4) is 0 Å². The first-order valence-electron chi connectivity index (χ1n) is 9.09. The minimum atomic E-state index is -4.47. The summed E-state index contributed by atoms with van der Waals surface area (Å²) in [5.74, 6) is -1.07. The van der Waals surface area contributed by atoms with Crippen molar-refractivity contribution in [2.75, 3.05) is 7.11 Å². The molecular weight excluding hydrogens is 465 g/mol. The number of methoxy groups -OCH3 is 1. The molecule has 1 atom stereocenters. The first kappa shape index (κ1) is 23.9. The first-order chi connectivity index (χ1) is 14.0. The summed E-state index contributed by atoms with van der Waals surface area (Å²) in [7, 11) is 1.28. The fourth-order valence-electron chi connectivity index (χ4n) is 2.79. The maximum Gasteiger partial charge on any atom is 0.416 e. The standard InChI is InChI=1S/C21H22BrF3N2O3/c1-20(13-18(28)30-2,12-11-14-5-3-4-6-17(14)22)27-26-19(29)15-7-9-16(10-8-15)21(23,24)25/h3-10,27H,11-13H2,1-2H3,(H,26,29)/t20-/m0/s1. The largest absolute Gasteiger partial charge is 0.469 e. The van der Waals surface area contributed by atoms with Gasteiger partial charge in [-0.2, -0.15) is 13.2 Å². The molecule has 0 saturated carbocycles. The molecule has 0 saturated heterocycles. The van der Waals surface area contributed by atoms with Gasteiger partial charge in [-0.25, -0.2) is 5.43 Å². The Morgan fingerprint density at radius 1 is 1.07 bits per heavy atom. The lowest BCUT2D eigenvalue weighted by molar-refractivity contribution is -0.142. The van der Waals surface area contributed by atoms with Gasteiger partial charge in [-0.15, -0.1) is 0 Å². The second-order valence-electron chi connectivity index (χ2n) is 7.06. The van der Waals surface area contributed by atoms with Crippen LogP contribution in [0, 0.1) is 0 Å². The van der Waals surface area contributed by atoms with Crippen LogP contribution >= 0.6 is 15.9 Å². The molecule has 0 heterocycles. The summed E-state index contributed by atoms with van der Waals surface area (Å²) in [6.07, 6.45) is -3.39. The third kappa shape index (κ3) is 6.84. The van der Waals surface area contributed by atoms with Crippen molar-refractivity contribution in [2.45, 2.75) is 37.9 Å². The Balaban J connectivity index is 2.07. The van der Waals surface area contributed by atoms with Gasteiger partial charge in [-0.1, -0.05) is 34.1 Å². The maximum atomic E-state index is 12.7. The van der Waals surface area contributed by atoms with Gasteiger partial charge in [-0.3, -0.25) is 15.0 Å². The van der Waals surface area contributed by atoms with E-state index in [4.69, 9.17) is 4.74 Å². The maximum absolute atomic E-state index is 12.7. The van der Waals surface area contributed by atoms with E-state index in [1.165, 1.54) is 7.11 Å². The molecule has 0 aliphatic carbocycles. The molecule has 2 rings (SSSR count). The van der Waals surface area contributed by atoms with Crippen LogP contribution in [0.15, 0.2) is 53.0 Å². The van der Waals surface area contributed by atoms with Crippen LogP contribution < -0.4 is 10.9 Å². The number of amides is 1. The van der Waals surface area contributed by atoms with Gasteiger partial charge in [0.1, 0.15) is 0 Å². The van der Waals surface area contributed by atoms with Gasteiger partial charge in [0.15, 0.2) is 0 Å². The summed E-state index contributed by atoms with van der Waals surface area (Å²) in [6, 6.07) is 11.5. The van der Waals surface area contributed by atoms with Crippen molar-refractivity contribution < 1.29 is 27.5 Å². The molecule has 0 aliphatic heterocycles. The predicted octanol–water partition coefficient (Wildman–Crippen LogP) is 4.66. The lowest BCUT2D eigenvalue weighted by Gasteiger charge is -2.30. The van der Waals surface area contributed by atoms with Crippen LogP contribution in [0.5, 0.6) is 0 Å². The molecule has 2 aromatic rings. The molecule has 9 heteroatoms. The third-order valence-electron chi connectivity index (χ3n) is 4.62. The highest BCUT2D eigenvalue weighted by atomic mass is 79.9. The molecule has 30 heavy (non-hydrogen) atoms. The Kier molecular flexibility index (Phi) is 8.03. The average Bonchev–Trinajstić information content (AvgIpc) is 2.71. The molecule has 5 nitrogen and oxygen atoms in total. The molecule has 1 amide bonds. The van der Waals surface area contributed by atoms with Crippen molar-refractivity contribution >= 4 is 27.8 Å². The van der Waals surface area contributed by atoms with Gasteiger partial charge in [-0.05, 0) is 55.7 Å². The van der Waals surface area contributed by atoms with Crippen LogP contribution in [0.4, 0.5) is 13.2 Å². The number of halogens is 4. The predicted molar refractivity (Wildman–Crippen MR) is 110 cm³/mol. The molecule has 0 radical (unpaired) electrons. The summed E-state index contributed by atoms with van der Waals surface area (Å²) in [5, 5.41) is 0. The van der Waals surface area contributed by atoms with E-state index in [1.54, 1.807) is 6.92 Å². The summed E-state index contributed by atoms with van der Waals surface area (Å²) in [5.41, 5.74) is 4.75. The molecule has 0 aliphatic rings. The van der Waals surface area contributed by atoms with Crippen LogP contribution in [0.25, 0.3) is 0 Å². The summed E-state index contributed by atoms with van der Waals surface area (Å²) >= 11 is 3.48. The van der Waals surface area contributed by atoms with Gasteiger partial charge in [0.2, 0.25) is 0 Å². The van der Waals surface area contributed by atoms with Crippen molar-refractivity contribution in [2.24, 2.45) is 0 Å². The number of esters is 1. The molecule has 2 N–H and O–H groups in total. The van der Waals surface area contributed by atoms with E-state index < -0.39 is 29.2 Å². The van der Waals surface area contributed by atoms with E-state index in [0.717, 1.165) is 34.3 Å². The number of hydrogen-bond donors (Lipinski definition) is 2. The third-order valence-corrected chi connectivity index (χ3v) is 5.39. The van der Waals surface area contributed by atoms with Crippen LogP contribution in [0.1, 0.15) is 41.3 Å². The Bertz CT molecular complexity index is 888. The SMILES string of the molecule is COC(=O)C[C@](C)(CCc1ccccc1Br)NNC(=O)c1ccc(C(F)(F)F)cc1. The number of rotatable bonds is 8. The Morgan fingerprint density at radius 3 is 2.27 bits per heavy atom. The van der Waals surface area contributed by atoms with E-state index in [1.807, 2.05) is 24.3 Å². The summed E-state index contributed by atoms with van der Waals surface area (Å²) in [4.78, 5) is 24.2. The van der Waals surface area contributed by atoms with Gasteiger partial charge in [0.05, 0.1) is 19.1 Å². The molecule has 162 valence electrons. The van der Waals surface area contributed by atoms with Crippen LogP contribution in [-0.4, -0.2) is 24.5 Å². The van der Waals surface area contributed by atoms with E-state index in [2.05, 4.69) is 26.8 Å². The van der Waals surface area contributed by atoms with Crippen molar-refractivity contribution in [1.29, 1.82) is 0 Å². The normalized spacial score (nSPS) is 13.4. The van der Waals surface area contributed by atoms with E-state index >= 15 is 0 Å². The lowest BCUT2D eigenvalue weighted by Crippen LogP contribution is -2.53. The van der Waals surface area contributed by atoms with Crippen LogP contribution in [0.3, 0.4) is 0 Å². The zero-order chi connectivity index (χ0) is 22.4. The molecule has 0 fully saturated rings. The Morgan fingerprint density at radius 2 is 1.70 bits per heavy atom. The lowest BCUT2D eigenvalue weighted by atomic mass is 9.90. The molecule has 0 spiro atoms. The van der Waals surface area contributed by atoms with Crippen molar-refractivity contribution in [3.63, 3.8) is 0 Å². The molecular formula is C21H22BrF3N2O3. The molecule has 0 aromatic heterocycles. The van der Waals surface area contributed by atoms with Crippen LogP contribution in [0.2, 0.25) is 0 Å². The number of nitrogens with one attached hydrogen (secondary N) is 2. The smallest absolute Gasteiger partial charge is 0.416 e. The molecule has 0 unspecified atom stereocenters. The monoisotopic (exact) mass is 486 g/mol. The Labute approximate surface area is 181 Å². The number of alkyl halides is 3. The zero-order valence-electron chi connectivity index (χ0n) is 16.5. The number of hydrogen-bond acceptors (Lipinski definition) is 4. The number of carbonyl (C=O) groups excluding carboxylic acids is 2. The number of aryl methyl sites for hydroxylation is 1. The summed E-state index contributed by atoms with van der Waals surface area (Å²) in [6.45, 7) is 1.76. The zero-order valence-corrected chi connectivity index (χ0v) is 18.1. The van der Waals surface area contributed by atoms with Gasteiger partial charge >= 0.3 is 12.1 Å². The fraction of sp³-hybridized carbons (Fsp3) is 0.333. The quantitative estimate of drug-likeness (QED) is 0.420. The highest BCUT2D eigenvalue weighted by Gasteiger charge is 2.31. The van der Waals surface area contributed by atoms with E-state index in [0.29, 0.717) is 12.8 Å². The first-order valence-corrected chi connectivity index (χ1v) is 9.88. The second kappa shape index (κ2) is 10.1. The van der Waals surface area contributed by atoms with Crippen LogP contribution in [-0.2, 0) is 22.1 Å². The van der Waals surface area contributed by atoms with Crippen molar-refractivity contribution in [3.05, 3.63) is 69.7 Å². The topological polar surface area (TPSA) is 67.4 Å². The van der Waals surface area contributed by atoms with Gasteiger partial charge in [0, 0.05) is 15.6 Å². The van der Waals surface area contributed by atoms with Gasteiger partial charge in [0.25, 0.3) is 5.91 Å². The fourth-order valence-corrected chi connectivity index (χ4v) is 3.27. The minimum Gasteiger partial charge on any atom is -0.469 e. The number of carbonyl (C=O) groups is 2. The minimum absolute atomic E-state index is 0.0127.